The second kappa shape index (κ2) is 8.98. The van der Waals surface area contributed by atoms with Gasteiger partial charge in [0.1, 0.15) is 23.2 Å². The Kier molecular flexibility index (Phi) is 6.20. The molecule has 0 radical (unpaired) electrons. The Morgan fingerprint density at radius 2 is 2.07 bits per heavy atom. The first-order valence-electron chi connectivity index (χ1n) is 9.37. The third kappa shape index (κ3) is 4.58. The topological polar surface area (TPSA) is 80.2 Å². The van der Waals surface area contributed by atoms with Crippen molar-refractivity contribution >= 4 is 17.7 Å². The molecular weight excluding hydrogens is 366 g/mol. The number of carbonyl (C=O) groups excluding carboxylic acids is 1. The molecule has 2 heterocycles. The SMILES string of the molecule is CCOc1ccccc1NC(=O)/C(C#N)=C/c1cc(C)n(Cc2ccco2)c1C. The molecule has 1 amide bonds. The van der Waals surface area contributed by atoms with Crippen molar-refractivity contribution < 1.29 is 13.9 Å². The zero-order valence-corrected chi connectivity index (χ0v) is 16.7. The number of nitrogens with zero attached hydrogens (tertiary/aromatic N) is 2. The Morgan fingerprint density at radius 1 is 1.28 bits per heavy atom. The van der Waals surface area contributed by atoms with E-state index >= 15 is 0 Å². The maximum Gasteiger partial charge on any atom is 0.266 e. The lowest BCUT2D eigenvalue weighted by molar-refractivity contribution is -0.112. The molecule has 1 N–H and O–H groups in total. The molecule has 0 spiro atoms. The molecule has 29 heavy (non-hydrogen) atoms. The first-order chi connectivity index (χ1) is 14.0. The highest BCUT2D eigenvalue weighted by molar-refractivity contribution is 6.10. The number of hydrogen-bond acceptors (Lipinski definition) is 4. The van der Waals surface area contributed by atoms with Gasteiger partial charge in [-0.05, 0) is 62.7 Å². The number of amides is 1. The van der Waals surface area contributed by atoms with E-state index in [2.05, 4.69) is 9.88 Å². The number of nitrogens with one attached hydrogen (secondary N) is 1. The van der Waals surface area contributed by atoms with Crippen LogP contribution in [0, 0.1) is 25.2 Å². The van der Waals surface area contributed by atoms with Crippen LogP contribution >= 0.6 is 0 Å². The average molecular weight is 389 g/mol. The van der Waals surface area contributed by atoms with E-state index in [1.54, 1.807) is 30.5 Å². The van der Waals surface area contributed by atoms with Crippen molar-refractivity contribution in [3.63, 3.8) is 0 Å². The fourth-order valence-corrected chi connectivity index (χ4v) is 3.12. The summed E-state index contributed by atoms with van der Waals surface area (Å²) in [5.41, 5.74) is 3.34. The molecule has 0 unspecified atom stereocenters. The minimum atomic E-state index is -0.476. The number of ether oxygens (including phenoxy) is 1. The molecule has 148 valence electrons. The van der Waals surface area contributed by atoms with Crippen molar-refractivity contribution in [3.8, 4) is 11.8 Å². The van der Waals surface area contributed by atoms with Crippen LogP contribution in [0.2, 0.25) is 0 Å². The van der Waals surface area contributed by atoms with Crippen LogP contribution in [0.25, 0.3) is 6.08 Å². The summed E-state index contributed by atoms with van der Waals surface area (Å²) >= 11 is 0. The summed E-state index contributed by atoms with van der Waals surface area (Å²) in [7, 11) is 0. The zero-order valence-electron chi connectivity index (χ0n) is 16.7. The van der Waals surface area contributed by atoms with Gasteiger partial charge in [-0.3, -0.25) is 4.79 Å². The monoisotopic (exact) mass is 389 g/mol. The summed E-state index contributed by atoms with van der Waals surface area (Å²) in [6.07, 6.45) is 3.25. The molecule has 0 saturated carbocycles. The lowest BCUT2D eigenvalue weighted by atomic mass is 10.1. The van der Waals surface area contributed by atoms with E-state index in [1.807, 2.05) is 51.1 Å². The fraction of sp³-hybridized carbons (Fsp3) is 0.217. The molecule has 0 atom stereocenters. The Balaban J connectivity index is 1.85. The first-order valence-corrected chi connectivity index (χ1v) is 9.37. The minimum Gasteiger partial charge on any atom is -0.492 e. The highest BCUT2D eigenvalue weighted by atomic mass is 16.5. The number of aromatic nitrogens is 1. The van der Waals surface area contributed by atoms with Gasteiger partial charge >= 0.3 is 0 Å². The molecule has 0 saturated heterocycles. The van der Waals surface area contributed by atoms with Crippen LogP contribution in [0.15, 0.2) is 58.7 Å². The van der Waals surface area contributed by atoms with Gasteiger partial charge < -0.3 is 19.0 Å². The average Bonchev–Trinajstić information content (AvgIpc) is 3.31. The van der Waals surface area contributed by atoms with Gasteiger partial charge in [-0.15, -0.1) is 0 Å². The molecule has 0 fully saturated rings. The smallest absolute Gasteiger partial charge is 0.266 e. The molecule has 1 aromatic carbocycles. The molecule has 0 aliphatic carbocycles. The fourth-order valence-electron chi connectivity index (χ4n) is 3.12. The summed E-state index contributed by atoms with van der Waals surface area (Å²) in [6.45, 7) is 6.89. The van der Waals surface area contributed by atoms with Crippen molar-refractivity contribution in [2.75, 3.05) is 11.9 Å². The summed E-state index contributed by atoms with van der Waals surface area (Å²) in [4.78, 5) is 12.7. The Bertz CT molecular complexity index is 1070. The van der Waals surface area contributed by atoms with E-state index < -0.39 is 5.91 Å². The van der Waals surface area contributed by atoms with Gasteiger partial charge in [0.25, 0.3) is 5.91 Å². The van der Waals surface area contributed by atoms with Gasteiger partial charge in [-0.25, -0.2) is 0 Å². The number of carbonyl (C=O) groups is 1. The number of aryl methyl sites for hydroxylation is 1. The van der Waals surface area contributed by atoms with E-state index in [0.717, 1.165) is 22.7 Å². The van der Waals surface area contributed by atoms with Crippen molar-refractivity contribution in [3.05, 3.63) is 77.0 Å². The van der Waals surface area contributed by atoms with E-state index in [0.29, 0.717) is 24.6 Å². The molecule has 6 heteroatoms. The van der Waals surface area contributed by atoms with Crippen molar-refractivity contribution in [1.29, 1.82) is 5.26 Å². The van der Waals surface area contributed by atoms with Gasteiger partial charge in [0.2, 0.25) is 0 Å². The maximum atomic E-state index is 12.7. The largest absolute Gasteiger partial charge is 0.492 e. The standard InChI is InChI=1S/C23H23N3O3/c1-4-28-22-10-6-5-9-21(22)25-23(27)19(14-24)13-18-12-16(2)26(17(18)3)15-20-8-7-11-29-20/h5-13H,4,15H2,1-3H3,(H,25,27)/b19-13+. The first kappa shape index (κ1) is 20.0. The third-order valence-corrected chi connectivity index (χ3v) is 4.61. The number of nitriles is 1. The minimum absolute atomic E-state index is 0.0227. The predicted molar refractivity (Wildman–Crippen MR) is 112 cm³/mol. The van der Waals surface area contributed by atoms with E-state index in [9.17, 15) is 10.1 Å². The molecular formula is C23H23N3O3. The Morgan fingerprint density at radius 3 is 2.76 bits per heavy atom. The lowest BCUT2D eigenvalue weighted by Crippen LogP contribution is -2.14. The summed E-state index contributed by atoms with van der Waals surface area (Å²) in [5, 5.41) is 12.3. The summed E-state index contributed by atoms with van der Waals surface area (Å²) in [6, 6.07) is 14.9. The molecule has 2 aromatic heterocycles. The molecule has 0 aliphatic heterocycles. The van der Waals surface area contributed by atoms with Gasteiger partial charge in [0.05, 0.1) is 25.1 Å². The Labute approximate surface area is 170 Å². The van der Waals surface area contributed by atoms with Crippen LogP contribution in [0.5, 0.6) is 5.75 Å². The molecule has 3 rings (SSSR count). The van der Waals surface area contributed by atoms with Crippen LogP contribution in [0.4, 0.5) is 5.69 Å². The number of hydrogen-bond donors (Lipinski definition) is 1. The van der Waals surface area contributed by atoms with E-state index in [4.69, 9.17) is 9.15 Å². The highest BCUT2D eigenvalue weighted by Gasteiger charge is 2.15. The number of furan rings is 1. The molecule has 3 aromatic rings. The number of para-hydroxylation sites is 2. The maximum absolute atomic E-state index is 12.7. The van der Waals surface area contributed by atoms with Gasteiger partial charge in [-0.2, -0.15) is 5.26 Å². The second-order valence-electron chi connectivity index (χ2n) is 6.55. The van der Waals surface area contributed by atoms with E-state index in [1.165, 1.54) is 0 Å². The lowest BCUT2D eigenvalue weighted by Gasteiger charge is -2.11. The predicted octanol–water partition coefficient (Wildman–Crippen LogP) is 4.69. The van der Waals surface area contributed by atoms with Crippen LogP contribution in [0.3, 0.4) is 0 Å². The molecule has 6 nitrogen and oxygen atoms in total. The third-order valence-electron chi connectivity index (χ3n) is 4.61. The quantitative estimate of drug-likeness (QED) is 0.469. The van der Waals surface area contributed by atoms with Crippen LogP contribution in [-0.4, -0.2) is 17.1 Å². The van der Waals surface area contributed by atoms with Crippen LogP contribution in [-0.2, 0) is 11.3 Å². The van der Waals surface area contributed by atoms with Gasteiger partial charge in [0.15, 0.2) is 0 Å². The number of benzene rings is 1. The number of rotatable bonds is 7. The molecule has 0 aliphatic rings. The van der Waals surface area contributed by atoms with Crippen molar-refractivity contribution in [1.82, 2.24) is 4.57 Å². The van der Waals surface area contributed by atoms with Gasteiger partial charge in [0, 0.05) is 11.4 Å². The summed E-state index contributed by atoms with van der Waals surface area (Å²) < 4.78 is 13.0. The zero-order chi connectivity index (χ0) is 20.8. The number of anilines is 1. The van der Waals surface area contributed by atoms with E-state index in [-0.39, 0.29) is 5.57 Å². The van der Waals surface area contributed by atoms with Crippen molar-refractivity contribution in [2.45, 2.75) is 27.3 Å². The normalized spacial score (nSPS) is 11.2. The van der Waals surface area contributed by atoms with Gasteiger partial charge in [-0.1, -0.05) is 12.1 Å². The van der Waals surface area contributed by atoms with Crippen molar-refractivity contribution in [2.24, 2.45) is 0 Å². The highest BCUT2D eigenvalue weighted by Crippen LogP contribution is 2.25. The summed E-state index contributed by atoms with van der Waals surface area (Å²) in [5.74, 6) is 0.931. The van der Waals surface area contributed by atoms with Crippen LogP contribution < -0.4 is 10.1 Å². The molecule has 0 bridgehead atoms. The second-order valence-corrected chi connectivity index (χ2v) is 6.55. The Hall–Kier alpha value is -3.72. The van der Waals surface area contributed by atoms with Crippen LogP contribution in [0.1, 0.15) is 29.6 Å².